The number of carbonyl (C=O) groups excluding carboxylic acids is 1. The third-order valence-electron chi connectivity index (χ3n) is 5.09. The summed E-state index contributed by atoms with van der Waals surface area (Å²) in [5.74, 6) is -7.49. The van der Waals surface area contributed by atoms with E-state index in [1.807, 2.05) is 0 Å². The highest BCUT2D eigenvalue weighted by molar-refractivity contribution is 7.89. The Balaban J connectivity index is 1.88. The van der Waals surface area contributed by atoms with E-state index in [2.05, 4.69) is 5.32 Å². The molecule has 0 radical (unpaired) electrons. The highest BCUT2D eigenvalue weighted by atomic mass is 32.2. The number of hydrogen-bond donors (Lipinski definition) is 2. The van der Waals surface area contributed by atoms with E-state index in [-0.39, 0.29) is 31.6 Å². The van der Waals surface area contributed by atoms with E-state index < -0.39 is 68.4 Å². The molecule has 174 valence electrons. The number of nitrogens with zero attached hydrogens (tertiary/aromatic N) is 1. The molecule has 2 unspecified atom stereocenters. The summed E-state index contributed by atoms with van der Waals surface area (Å²) in [4.78, 5) is 11.5. The monoisotopic (exact) mass is 478 g/mol. The molecule has 0 spiro atoms. The van der Waals surface area contributed by atoms with Crippen molar-refractivity contribution in [3.63, 3.8) is 0 Å². The lowest BCUT2D eigenvalue weighted by molar-refractivity contribution is 0.102. The first kappa shape index (κ1) is 24.1. The molecule has 1 heterocycles. The Morgan fingerprint density at radius 2 is 1.75 bits per heavy atom. The number of halogens is 5. The van der Waals surface area contributed by atoms with Crippen LogP contribution in [0.2, 0.25) is 0 Å². The third-order valence-corrected chi connectivity index (χ3v) is 6.97. The second kappa shape index (κ2) is 9.51. The number of hydrogen-bond acceptors (Lipinski definition) is 4. The quantitative estimate of drug-likeness (QED) is 0.511. The molecule has 1 aliphatic rings. The molecule has 1 fully saturated rings. The molecule has 1 aliphatic heterocycles. The molecule has 32 heavy (non-hydrogen) atoms. The molecular weight excluding hydrogens is 459 g/mol. The van der Waals surface area contributed by atoms with Crippen LogP contribution in [-0.4, -0.2) is 49.6 Å². The Labute approximate surface area is 180 Å². The second-order valence-corrected chi connectivity index (χ2v) is 9.29. The average molecular weight is 478 g/mol. The summed E-state index contributed by atoms with van der Waals surface area (Å²) in [7, 11) is -4.54. The summed E-state index contributed by atoms with van der Waals surface area (Å²) >= 11 is 0. The van der Waals surface area contributed by atoms with Gasteiger partial charge < -0.3 is 10.4 Å². The van der Waals surface area contributed by atoms with Gasteiger partial charge in [0.15, 0.2) is 17.5 Å². The molecule has 12 heteroatoms. The van der Waals surface area contributed by atoms with E-state index in [1.165, 1.54) is 0 Å². The Morgan fingerprint density at radius 1 is 1.09 bits per heavy atom. The van der Waals surface area contributed by atoms with Crippen molar-refractivity contribution in [3.05, 3.63) is 59.2 Å². The Bertz CT molecular complexity index is 1110. The van der Waals surface area contributed by atoms with Gasteiger partial charge in [0.1, 0.15) is 16.9 Å². The highest BCUT2D eigenvalue weighted by Gasteiger charge is 2.34. The molecule has 2 aromatic rings. The summed E-state index contributed by atoms with van der Waals surface area (Å²) in [6.45, 7) is -1.01. The van der Waals surface area contributed by atoms with Crippen LogP contribution in [0.4, 0.5) is 27.6 Å². The number of alkyl halides is 1. The predicted molar refractivity (Wildman–Crippen MR) is 104 cm³/mol. The third kappa shape index (κ3) is 5.08. The Morgan fingerprint density at radius 3 is 2.38 bits per heavy atom. The van der Waals surface area contributed by atoms with Crippen molar-refractivity contribution < 1.29 is 40.3 Å². The second-order valence-electron chi connectivity index (χ2n) is 7.39. The highest BCUT2D eigenvalue weighted by Crippen LogP contribution is 2.27. The van der Waals surface area contributed by atoms with Crippen LogP contribution in [0.3, 0.4) is 0 Å². The molecule has 2 aromatic carbocycles. The molecule has 3 rings (SSSR count). The van der Waals surface area contributed by atoms with Gasteiger partial charge in [-0.3, -0.25) is 4.79 Å². The molecule has 0 saturated carbocycles. The van der Waals surface area contributed by atoms with E-state index in [4.69, 9.17) is 0 Å². The fraction of sp³-hybridized carbons (Fsp3) is 0.350. The molecule has 6 nitrogen and oxygen atoms in total. The molecule has 0 aromatic heterocycles. The van der Waals surface area contributed by atoms with Crippen LogP contribution in [0.5, 0.6) is 0 Å². The van der Waals surface area contributed by atoms with Crippen molar-refractivity contribution in [3.8, 4) is 0 Å². The fourth-order valence-electron chi connectivity index (χ4n) is 3.39. The first-order chi connectivity index (χ1) is 15.0. The van der Waals surface area contributed by atoms with Gasteiger partial charge in [-0.2, -0.15) is 4.31 Å². The summed E-state index contributed by atoms with van der Waals surface area (Å²) in [6, 6.07) is 3.43. The van der Waals surface area contributed by atoms with Crippen molar-refractivity contribution in [1.29, 1.82) is 0 Å². The van der Waals surface area contributed by atoms with Gasteiger partial charge in [-0.15, -0.1) is 0 Å². The average Bonchev–Trinajstić information content (AvgIpc) is 2.93. The van der Waals surface area contributed by atoms with E-state index in [0.717, 1.165) is 22.5 Å². The molecule has 2 N–H and O–H groups in total. The van der Waals surface area contributed by atoms with E-state index >= 15 is 0 Å². The summed E-state index contributed by atoms with van der Waals surface area (Å²) in [5, 5.41) is 11.3. The number of aliphatic hydroxyl groups is 1. The summed E-state index contributed by atoms with van der Waals surface area (Å²) in [5.41, 5.74) is -0.807. The van der Waals surface area contributed by atoms with Crippen molar-refractivity contribution in [2.45, 2.75) is 23.9 Å². The van der Waals surface area contributed by atoms with Crippen LogP contribution in [0.15, 0.2) is 35.2 Å². The normalized spacial score (nSPS) is 20.1. The van der Waals surface area contributed by atoms with Gasteiger partial charge in [0, 0.05) is 43.1 Å². The number of nitrogens with one attached hydrogen (secondary N) is 1. The van der Waals surface area contributed by atoms with Gasteiger partial charge in [-0.25, -0.2) is 30.4 Å². The van der Waals surface area contributed by atoms with Crippen molar-refractivity contribution in [2.75, 3.05) is 25.0 Å². The van der Waals surface area contributed by atoms with Gasteiger partial charge >= 0.3 is 0 Å². The lowest BCUT2D eigenvalue weighted by atomic mass is 10.0. The number of benzene rings is 2. The van der Waals surface area contributed by atoms with E-state index in [9.17, 15) is 40.3 Å². The number of aliphatic hydroxyl groups excluding tert-OH is 1. The van der Waals surface area contributed by atoms with Crippen molar-refractivity contribution >= 4 is 21.6 Å². The molecule has 1 amide bonds. The largest absolute Gasteiger partial charge is 0.396 e. The summed E-state index contributed by atoms with van der Waals surface area (Å²) in [6.07, 6.45) is -1.44. The van der Waals surface area contributed by atoms with Gasteiger partial charge in [0.05, 0.1) is 0 Å². The maximum absolute atomic E-state index is 14.4. The van der Waals surface area contributed by atoms with Crippen LogP contribution >= 0.6 is 0 Å². The van der Waals surface area contributed by atoms with Crippen LogP contribution in [0.1, 0.15) is 23.2 Å². The molecule has 2 atom stereocenters. The Kier molecular flexibility index (Phi) is 7.16. The van der Waals surface area contributed by atoms with Gasteiger partial charge in [0.25, 0.3) is 5.91 Å². The van der Waals surface area contributed by atoms with Crippen molar-refractivity contribution in [2.24, 2.45) is 5.92 Å². The molecule has 0 bridgehead atoms. The first-order valence-corrected chi connectivity index (χ1v) is 11.0. The number of amides is 1. The number of carbonyl (C=O) groups is 1. The van der Waals surface area contributed by atoms with Crippen LogP contribution in [0.25, 0.3) is 0 Å². The minimum Gasteiger partial charge on any atom is -0.396 e. The SMILES string of the molecule is O=C(Nc1cc(F)c(F)c(F)c1)c1ccc(F)c(S(=O)(=O)N2CCC(CO)CC(F)C2)c1. The van der Waals surface area contributed by atoms with Crippen LogP contribution < -0.4 is 5.32 Å². The van der Waals surface area contributed by atoms with Crippen LogP contribution in [-0.2, 0) is 10.0 Å². The number of rotatable bonds is 5. The van der Waals surface area contributed by atoms with Crippen LogP contribution in [0, 0.1) is 29.2 Å². The Hall–Kier alpha value is -2.57. The standard InChI is InChI=1S/C20H19F5N2O4S/c21-13-5-11(10-28)3-4-27(9-13)32(30,31)18-6-12(1-2-15(18)22)20(29)26-14-7-16(23)19(25)17(24)8-14/h1-2,6-8,11,13,28H,3-5,9-10H2,(H,26,29). The minimum atomic E-state index is -4.54. The molecular formula is C20H19F5N2O4S. The van der Waals surface area contributed by atoms with E-state index in [0.29, 0.717) is 12.1 Å². The minimum absolute atomic E-state index is 0.0434. The first-order valence-electron chi connectivity index (χ1n) is 9.53. The lowest BCUT2D eigenvalue weighted by Gasteiger charge is -2.21. The van der Waals surface area contributed by atoms with Crippen molar-refractivity contribution in [1.82, 2.24) is 4.31 Å². The predicted octanol–water partition coefficient (Wildman–Crippen LogP) is 3.23. The molecule has 0 aliphatic carbocycles. The maximum atomic E-state index is 14.4. The molecule has 1 saturated heterocycles. The van der Waals surface area contributed by atoms with Gasteiger partial charge in [-0.05, 0) is 37.0 Å². The smallest absolute Gasteiger partial charge is 0.255 e. The van der Waals surface area contributed by atoms with Gasteiger partial charge in [-0.1, -0.05) is 0 Å². The zero-order valence-electron chi connectivity index (χ0n) is 16.5. The maximum Gasteiger partial charge on any atom is 0.255 e. The lowest BCUT2D eigenvalue weighted by Crippen LogP contribution is -2.35. The van der Waals surface area contributed by atoms with E-state index in [1.54, 1.807) is 0 Å². The number of anilines is 1. The summed E-state index contributed by atoms with van der Waals surface area (Å²) < 4.78 is 94.9. The zero-order chi connectivity index (χ0) is 23.6. The number of sulfonamides is 1. The topological polar surface area (TPSA) is 86.7 Å². The fourth-order valence-corrected chi connectivity index (χ4v) is 4.96. The van der Waals surface area contributed by atoms with Gasteiger partial charge in [0.2, 0.25) is 10.0 Å². The zero-order valence-corrected chi connectivity index (χ0v) is 17.3.